The van der Waals surface area contributed by atoms with E-state index in [1.165, 1.54) is 12.1 Å². The maximum atomic E-state index is 13.5. The molecule has 1 aromatic carbocycles. The van der Waals surface area contributed by atoms with E-state index in [-0.39, 0.29) is 0 Å². The van der Waals surface area contributed by atoms with Crippen LogP contribution in [0.3, 0.4) is 0 Å². The van der Waals surface area contributed by atoms with Gasteiger partial charge in [-0.1, -0.05) is 19.9 Å². The molecule has 0 heterocycles. The van der Waals surface area contributed by atoms with Crippen LogP contribution in [0.4, 0.5) is 8.78 Å². The zero-order valence-corrected chi connectivity index (χ0v) is 9.69. The first-order valence-corrected chi connectivity index (χ1v) is 5.62. The first-order valence-electron chi connectivity index (χ1n) is 5.62. The summed E-state index contributed by atoms with van der Waals surface area (Å²) in [5, 5.41) is 0. The van der Waals surface area contributed by atoms with E-state index in [2.05, 4.69) is 19.9 Å². The molecular formula is C14H16F2. The molecule has 1 aromatic rings. The third-order valence-corrected chi connectivity index (χ3v) is 3.25. The predicted octanol–water partition coefficient (Wildman–Crippen LogP) is 4.56. The van der Waals surface area contributed by atoms with Crippen molar-refractivity contribution in [1.29, 1.82) is 0 Å². The summed E-state index contributed by atoms with van der Waals surface area (Å²) in [6.07, 6.45) is 4.96. The van der Waals surface area contributed by atoms with Crippen LogP contribution in [0, 0.1) is 17.0 Å². The Morgan fingerprint density at radius 3 is 2.50 bits per heavy atom. The van der Waals surface area contributed by atoms with Crippen molar-refractivity contribution >= 4 is 5.57 Å². The van der Waals surface area contributed by atoms with Crippen molar-refractivity contribution in [2.45, 2.75) is 33.1 Å². The second kappa shape index (κ2) is 4.00. The quantitative estimate of drug-likeness (QED) is 0.653. The second-order valence-electron chi connectivity index (χ2n) is 5.22. The van der Waals surface area contributed by atoms with Crippen molar-refractivity contribution in [3.63, 3.8) is 0 Å². The lowest BCUT2D eigenvalue weighted by Gasteiger charge is -2.28. The maximum Gasteiger partial charge on any atom is 0.133 e. The Hall–Kier alpha value is -1.18. The number of halogens is 2. The highest BCUT2D eigenvalue weighted by atomic mass is 19.1. The minimum absolute atomic E-state index is 0.306. The van der Waals surface area contributed by atoms with E-state index in [9.17, 15) is 8.78 Å². The van der Waals surface area contributed by atoms with E-state index < -0.39 is 11.6 Å². The normalized spacial score (nSPS) is 19.4. The van der Waals surface area contributed by atoms with Gasteiger partial charge in [-0.25, -0.2) is 8.78 Å². The molecule has 0 aliphatic heterocycles. The monoisotopic (exact) mass is 222 g/mol. The van der Waals surface area contributed by atoms with E-state index >= 15 is 0 Å². The molecule has 0 atom stereocenters. The van der Waals surface area contributed by atoms with E-state index in [1.54, 1.807) is 0 Å². The van der Waals surface area contributed by atoms with Gasteiger partial charge >= 0.3 is 0 Å². The highest BCUT2D eigenvalue weighted by molar-refractivity contribution is 5.66. The van der Waals surface area contributed by atoms with Gasteiger partial charge in [0.25, 0.3) is 0 Å². The van der Waals surface area contributed by atoms with Gasteiger partial charge in [-0.3, -0.25) is 0 Å². The molecule has 86 valence electrons. The van der Waals surface area contributed by atoms with Crippen LogP contribution >= 0.6 is 0 Å². The molecule has 16 heavy (non-hydrogen) atoms. The molecule has 0 amide bonds. The molecule has 0 unspecified atom stereocenters. The number of rotatable bonds is 1. The zero-order valence-electron chi connectivity index (χ0n) is 9.69. The number of hydrogen-bond acceptors (Lipinski definition) is 0. The van der Waals surface area contributed by atoms with E-state index in [0.29, 0.717) is 11.0 Å². The molecule has 0 nitrogen and oxygen atoms in total. The second-order valence-corrected chi connectivity index (χ2v) is 5.22. The van der Waals surface area contributed by atoms with Gasteiger partial charge in [0.05, 0.1) is 0 Å². The third-order valence-electron chi connectivity index (χ3n) is 3.25. The van der Waals surface area contributed by atoms with Crippen LogP contribution in [0.5, 0.6) is 0 Å². The molecule has 0 radical (unpaired) electrons. The van der Waals surface area contributed by atoms with Crippen LogP contribution < -0.4 is 0 Å². The van der Waals surface area contributed by atoms with Crippen molar-refractivity contribution in [2.75, 3.05) is 0 Å². The first kappa shape index (κ1) is 11.3. The Morgan fingerprint density at radius 2 is 1.94 bits per heavy atom. The summed E-state index contributed by atoms with van der Waals surface area (Å²) in [6.45, 7) is 4.42. The zero-order chi connectivity index (χ0) is 11.8. The van der Waals surface area contributed by atoms with Crippen LogP contribution in [-0.4, -0.2) is 0 Å². The Labute approximate surface area is 95.0 Å². The lowest BCUT2D eigenvalue weighted by atomic mass is 9.77. The molecule has 1 aliphatic rings. The van der Waals surface area contributed by atoms with Gasteiger partial charge in [0.1, 0.15) is 11.6 Å². The first-order chi connectivity index (χ1) is 7.48. The molecule has 2 rings (SSSR count). The van der Waals surface area contributed by atoms with Crippen LogP contribution in [0.2, 0.25) is 0 Å². The van der Waals surface area contributed by atoms with Gasteiger partial charge in [0, 0.05) is 11.6 Å². The topological polar surface area (TPSA) is 0 Å². The maximum absolute atomic E-state index is 13.5. The summed E-state index contributed by atoms with van der Waals surface area (Å²) in [5.41, 5.74) is 1.87. The lowest BCUT2D eigenvalue weighted by Crippen LogP contribution is -2.14. The third kappa shape index (κ3) is 2.31. The van der Waals surface area contributed by atoms with Gasteiger partial charge in [0.2, 0.25) is 0 Å². The van der Waals surface area contributed by atoms with E-state index in [1.807, 2.05) is 0 Å². The Balaban J connectivity index is 2.29. The summed E-state index contributed by atoms with van der Waals surface area (Å²) < 4.78 is 26.3. The standard InChI is InChI=1S/C14H16F2/c1-14(2)7-5-10(6-8-14)12-4-3-11(15)9-13(12)16/h3-5,9H,6-8H2,1-2H3. The Bertz CT molecular complexity index is 430. The fourth-order valence-corrected chi connectivity index (χ4v) is 2.07. The van der Waals surface area contributed by atoms with Gasteiger partial charge in [-0.15, -0.1) is 0 Å². The van der Waals surface area contributed by atoms with Gasteiger partial charge in [-0.2, -0.15) is 0 Å². The molecule has 0 bridgehead atoms. The molecule has 0 saturated heterocycles. The smallest absolute Gasteiger partial charge is 0.133 e. The van der Waals surface area contributed by atoms with Gasteiger partial charge < -0.3 is 0 Å². The average molecular weight is 222 g/mol. The van der Waals surface area contributed by atoms with Crippen LogP contribution in [-0.2, 0) is 0 Å². The SMILES string of the molecule is CC1(C)CC=C(c2ccc(F)cc2F)CC1. The Morgan fingerprint density at radius 1 is 1.19 bits per heavy atom. The van der Waals surface area contributed by atoms with Crippen LogP contribution in [0.1, 0.15) is 38.7 Å². The van der Waals surface area contributed by atoms with Gasteiger partial charge in [0.15, 0.2) is 0 Å². The van der Waals surface area contributed by atoms with Gasteiger partial charge in [-0.05, 0) is 42.4 Å². The summed E-state index contributed by atoms with van der Waals surface area (Å²) in [6, 6.07) is 3.81. The summed E-state index contributed by atoms with van der Waals surface area (Å²) in [5.74, 6) is -0.969. The van der Waals surface area contributed by atoms with Crippen molar-refractivity contribution in [3.05, 3.63) is 41.5 Å². The van der Waals surface area contributed by atoms with E-state index in [0.717, 1.165) is 30.9 Å². The predicted molar refractivity (Wildman–Crippen MR) is 62.0 cm³/mol. The Kier molecular flexibility index (Phi) is 2.83. The molecular weight excluding hydrogens is 206 g/mol. The number of benzene rings is 1. The van der Waals surface area contributed by atoms with Crippen molar-refractivity contribution < 1.29 is 8.78 Å². The van der Waals surface area contributed by atoms with Crippen molar-refractivity contribution in [3.8, 4) is 0 Å². The minimum atomic E-state index is -0.516. The average Bonchev–Trinajstić information content (AvgIpc) is 2.19. The molecule has 0 aromatic heterocycles. The van der Waals surface area contributed by atoms with Crippen LogP contribution in [0.15, 0.2) is 24.3 Å². The fraction of sp³-hybridized carbons (Fsp3) is 0.429. The number of hydrogen-bond donors (Lipinski definition) is 0. The number of allylic oxidation sites excluding steroid dienone is 2. The van der Waals surface area contributed by atoms with Crippen molar-refractivity contribution in [1.82, 2.24) is 0 Å². The highest BCUT2D eigenvalue weighted by Gasteiger charge is 2.22. The molecule has 2 heteroatoms. The summed E-state index contributed by atoms with van der Waals surface area (Å²) in [4.78, 5) is 0. The highest BCUT2D eigenvalue weighted by Crippen LogP contribution is 2.38. The van der Waals surface area contributed by atoms with Crippen molar-refractivity contribution in [2.24, 2.45) is 5.41 Å². The molecule has 0 saturated carbocycles. The molecule has 0 N–H and O–H groups in total. The minimum Gasteiger partial charge on any atom is -0.207 e. The molecule has 0 fully saturated rings. The lowest BCUT2D eigenvalue weighted by molar-refractivity contribution is 0.334. The molecule has 1 aliphatic carbocycles. The molecule has 0 spiro atoms. The fourth-order valence-electron chi connectivity index (χ4n) is 2.07. The van der Waals surface area contributed by atoms with E-state index in [4.69, 9.17) is 0 Å². The van der Waals surface area contributed by atoms with Crippen LogP contribution in [0.25, 0.3) is 5.57 Å². The largest absolute Gasteiger partial charge is 0.207 e. The summed E-state index contributed by atoms with van der Waals surface area (Å²) >= 11 is 0. The summed E-state index contributed by atoms with van der Waals surface area (Å²) in [7, 11) is 0.